The van der Waals surface area contributed by atoms with Crippen molar-refractivity contribution < 1.29 is 13.3 Å². The molecule has 0 fully saturated rings. The zero-order chi connectivity index (χ0) is 25.7. The fourth-order valence-corrected chi connectivity index (χ4v) is 23.7. The first-order valence-corrected chi connectivity index (χ1v) is 25.1. The summed E-state index contributed by atoms with van der Waals surface area (Å²) in [6.45, 7) is 0. The summed E-state index contributed by atoms with van der Waals surface area (Å²) < 4.78 is 18.8. The van der Waals surface area contributed by atoms with Crippen LogP contribution in [0.5, 0.6) is 0 Å². The second kappa shape index (κ2) is 22.7. The van der Waals surface area contributed by atoms with Crippen LogP contribution in [0.1, 0.15) is 64.2 Å². The van der Waals surface area contributed by atoms with Crippen molar-refractivity contribution in [2.75, 3.05) is 27.1 Å². The first-order chi connectivity index (χ1) is 17.7. The Balaban J connectivity index is 1.26. The molecule has 0 atom stereocenters. The molecule has 0 saturated heterocycles. The van der Waals surface area contributed by atoms with Crippen LogP contribution in [0.4, 0.5) is 0 Å². The predicted molar refractivity (Wildman–Crippen MR) is 181 cm³/mol. The molecule has 2 aromatic rings. The normalized spacial score (nSPS) is 12.1. The molecule has 14 heteroatoms. The van der Waals surface area contributed by atoms with Crippen LogP contribution in [0.2, 0.25) is 6.04 Å². The molecule has 0 N–H and O–H groups in total. The lowest BCUT2D eigenvalue weighted by molar-refractivity contribution is 0.122. The highest BCUT2D eigenvalue weighted by atomic mass is 34.0. The number of hydrogen-bond acceptors (Lipinski definition) is 13. The molecule has 0 radical (unpaired) electrons. The van der Waals surface area contributed by atoms with Gasteiger partial charge in [0.25, 0.3) is 0 Å². The van der Waals surface area contributed by atoms with Crippen LogP contribution in [0.15, 0.2) is 28.6 Å². The smallest absolute Gasteiger partial charge is 0.377 e. The summed E-state index contributed by atoms with van der Waals surface area (Å²) in [5, 5.41) is 0. The highest BCUT2D eigenvalue weighted by Gasteiger charge is 2.36. The molecule has 1 aromatic heterocycles. The summed E-state index contributed by atoms with van der Waals surface area (Å²) in [6.07, 6.45) is 13.3. The van der Waals surface area contributed by atoms with E-state index in [1.165, 1.54) is 68.2 Å². The molecule has 0 unspecified atom stereocenters. The van der Waals surface area contributed by atoms with Gasteiger partial charge in [-0.2, -0.15) is 0 Å². The molecular weight excluding hydrogens is 643 g/mol. The first kappa shape index (κ1) is 34.2. The van der Waals surface area contributed by atoms with E-state index < -0.39 is 8.80 Å². The van der Waals surface area contributed by atoms with Crippen molar-refractivity contribution in [2.45, 2.75) is 74.6 Å². The molecule has 1 aromatic carbocycles. The van der Waals surface area contributed by atoms with Crippen LogP contribution in [-0.4, -0.2) is 40.9 Å². The number of hydrogen-bond donors (Lipinski definition) is 0. The summed E-state index contributed by atoms with van der Waals surface area (Å²) in [4.78, 5) is 4.65. The highest BCUT2D eigenvalue weighted by molar-refractivity contribution is 9.48. The zero-order valence-corrected chi connectivity index (χ0v) is 29.5. The van der Waals surface area contributed by atoms with Crippen molar-refractivity contribution in [1.82, 2.24) is 4.98 Å². The lowest BCUT2D eigenvalue weighted by atomic mass is 10.1. The number of fused-ring (bicyclic) bond motifs is 1. The maximum atomic E-state index is 5.48. The average Bonchev–Trinajstić information content (AvgIpc) is 3.33. The van der Waals surface area contributed by atoms with E-state index in [1.807, 2.05) is 66.0 Å². The molecular formula is C22H37NO3S9Si. The van der Waals surface area contributed by atoms with Crippen LogP contribution >= 0.6 is 91.9 Å². The molecule has 0 amide bonds. The van der Waals surface area contributed by atoms with Crippen molar-refractivity contribution in [3.63, 3.8) is 0 Å². The van der Waals surface area contributed by atoms with Crippen molar-refractivity contribution in [3.8, 4) is 0 Å². The minimum absolute atomic E-state index is 0.922. The van der Waals surface area contributed by atoms with Gasteiger partial charge in [-0.1, -0.05) is 74.3 Å². The first-order valence-electron chi connectivity index (χ1n) is 12.0. The molecule has 0 aliphatic heterocycles. The fraction of sp³-hybridized carbons (Fsp3) is 0.682. The van der Waals surface area contributed by atoms with E-state index in [9.17, 15) is 0 Å². The number of unbranched alkanes of at least 4 members (excludes halogenated alkanes) is 9. The summed E-state index contributed by atoms with van der Waals surface area (Å²) in [6, 6.07) is 9.26. The van der Waals surface area contributed by atoms with E-state index in [4.69, 9.17) is 13.3 Å². The van der Waals surface area contributed by atoms with E-state index in [0.29, 0.717) is 0 Å². The number of rotatable bonds is 24. The molecule has 0 bridgehead atoms. The quantitative estimate of drug-likeness (QED) is 0.0602. The van der Waals surface area contributed by atoms with Gasteiger partial charge in [0.05, 0.1) is 10.2 Å². The third-order valence-corrected chi connectivity index (χ3v) is 24.8. The van der Waals surface area contributed by atoms with Crippen LogP contribution in [0, 0.1) is 0 Å². The molecule has 0 aliphatic carbocycles. The van der Waals surface area contributed by atoms with Gasteiger partial charge in [-0.15, -0.1) is 11.3 Å². The molecule has 0 spiro atoms. The number of aromatic nitrogens is 1. The zero-order valence-electron chi connectivity index (χ0n) is 21.1. The summed E-state index contributed by atoms with van der Waals surface area (Å²) in [7, 11) is 17.6. The molecule has 1 heterocycles. The van der Waals surface area contributed by atoms with Gasteiger partial charge in [0.2, 0.25) is 0 Å². The van der Waals surface area contributed by atoms with E-state index in [1.54, 1.807) is 53.3 Å². The molecule has 0 aliphatic rings. The SMILES string of the molecule is CO[Si](CCCCCCCCCCCCSSSSSSSSc1nc2ccccc2s1)(OC)OC. The predicted octanol–water partition coefficient (Wildman–Crippen LogP) is 11.7. The van der Waals surface area contributed by atoms with Gasteiger partial charge in [-0.05, 0) is 94.7 Å². The summed E-state index contributed by atoms with van der Waals surface area (Å²) in [5.41, 5.74) is 1.10. The summed E-state index contributed by atoms with van der Waals surface area (Å²) in [5.74, 6) is 1.26. The number of benzene rings is 1. The second-order valence-electron chi connectivity index (χ2n) is 7.84. The van der Waals surface area contributed by atoms with Crippen molar-refractivity contribution in [3.05, 3.63) is 24.3 Å². The Hall–Kier alpha value is 2.01. The van der Waals surface area contributed by atoms with Crippen LogP contribution < -0.4 is 0 Å². The van der Waals surface area contributed by atoms with Gasteiger partial charge < -0.3 is 13.3 Å². The van der Waals surface area contributed by atoms with Crippen LogP contribution in [-0.2, 0) is 13.3 Å². The number of nitrogens with zero attached hydrogens (tertiary/aromatic N) is 1. The Labute approximate surface area is 252 Å². The van der Waals surface area contributed by atoms with E-state index in [0.717, 1.165) is 22.3 Å². The largest absolute Gasteiger partial charge is 0.500 e. The molecule has 36 heavy (non-hydrogen) atoms. The third-order valence-electron chi connectivity index (χ3n) is 5.46. The monoisotopic (exact) mass is 679 g/mol. The van der Waals surface area contributed by atoms with Gasteiger partial charge in [0.1, 0.15) is 0 Å². The Bertz CT molecular complexity index is 760. The van der Waals surface area contributed by atoms with Gasteiger partial charge in [0, 0.05) is 33.1 Å². The Morgan fingerprint density at radius 3 is 1.89 bits per heavy atom. The van der Waals surface area contributed by atoms with E-state index in [-0.39, 0.29) is 0 Å². The lowest BCUT2D eigenvalue weighted by Crippen LogP contribution is -2.42. The van der Waals surface area contributed by atoms with Crippen molar-refractivity contribution >= 4 is 111 Å². The van der Waals surface area contributed by atoms with Gasteiger partial charge >= 0.3 is 8.80 Å². The highest BCUT2D eigenvalue weighted by Crippen LogP contribution is 2.58. The molecule has 0 saturated carbocycles. The standard InChI is InChI=1S/C22H37NO3S9Si/c1-24-36(25-2,26-3)19-15-11-9-7-5-4-6-8-10-14-18-27-30-32-34-35-33-31-29-22-23-20-16-12-13-17-21(20)28-22/h12-13,16-17H,4-11,14-15,18-19H2,1-3H3. The van der Waals surface area contributed by atoms with Crippen molar-refractivity contribution in [1.29, 1.82) is 0 Å². The van der Waals surface area contributed by atoms with E-state index >= 15 is 0 Å². The Morgan fingerprint density at radius 2 is 1.25 bits per heavy atom. The van der Waals surface area contributed by atoms with Crippen LogP contribution in [0.25, 0.3) is 10.2 Å². The number of para-hydroxylation sites is 1. The fourth-order valence-electron chi connectivity index (χ4n) is 3.50. The molecule has 4 nitrogen and oxygen atoms in total. The van der Waals surface area contributed by atoms with E-state index in [2.05, 4.69) is 23.2 Å². The van der Waals surface area contributed by atoms with Gasteiger partial charge in [-0.3, -0.25) is 0 Å². The molecule has 206 valence electrons. The minimum atomic E-state index is -2.36. The topological polar surface area (TPSA) is 40.6 Å². The van der Waals surface area contributed by atoms with Crippen LogP contribution in [0.3, 0.4) is 0 Å². The maximum Gasteiger partial charge on any atom is 0.500 e. The summed E-state index contributed by atoms with van der Waals surface area (Å²) >= 11 is 1.77. The minimum Gasteiger partial charge on any atom is -0.377 e. The Kier molecular flexibility index (Phi) is 21.5. The lowest BCUT2D eigenvalue weighted by Gasteiger charge is -2.24. The second-order valence-corrected chi connectivity index (χ2v) is 25.2. The number of thiazole rings is 1. The molecule has 2 rings (SSSR count). The third kappa shape index (κ3) is 15.1. The Morgan fingerprint density at radius 1 is 0.694 bits per heavy atom. The van der Waals surface area contributed by atoms with Gasteiger partial charge in [-0.25, -0.2) is 4.98 Å². The average molecular weight is 680 g/mol. The van der Waals surface area contributed by atoms with Gasteiger partial charge in [0.15, 0.2) is 4.34 Å². The maximum absolute atomic E-state index is 5.48. The van der Waals surface area contributed by atoms with Crippen molar-refractivity contribution in [2.24, 2.45) is 0 Å².